The van der Waals surface area contributed by atoms with Crippen LogP contribution in [0.5, 0.6) is 0 Å². The largest absolute Gasteiger partial charge is 0.311 e. The van der Waals surface area contributed by atoms with Gasteiger partial charge in [0, 0.05) is 12.1 Å². The maximum absolute atomic E-state index is 3.80. The van der Waals surface area contributed by atoms with Gasteiger partial charge >= 0.3 is 0 Å². The second-order valence-electron chi connectivity index (χ2n) is 5.23. The van der Waals surface area contributed by atoms with Gasteiger partial charge in [0.2, 0.25) is 0 Å². The highest BCUT2D eigenvalue weighted by Gasteiger charge is 2.27. The molecule has 0 bridgehead atoms. The van der Waals surface area contributed by atoms with Crippen molar-refractivity contribution in [2.24, 2.45) is 11.8 Å². The first-order valence-corrected chi connectivity index (χ1v) is 6.41. The fourth-order valence-corrected chi connectivity index (χ4v) is 2.70. The molecular weight excluding hydrogens is 170 g/mol. The molecule has 0 amide bonds. The van der Waals surface area contributed by atoms with Gasteiger partial charge in [-0.25, -0.2) is 0 Å². The quantitative estimate of drug-likeness (QED) is 0.726. The Morgan fingerprint density at radius 1 is 1.29 bits per heavy atom. The minimum atomic E-state index is 0.706. The second-order valence-corrected chi connectivity index (χ2v) is 5.23. The van der Waals surface area contributed by atoms with E-state index in [2.05, 4.69) is 33.0 Å². The Labute approximate surface area is 89.7 Å². The minimum absolute atomic E-state index is 0.706. The van der Waals surface area contributed by atoms with E-state index in [1.54, 1.807) is 0 Å². The van der Waals surface area contributed by atoms with E-state index in [1.165, 1.54) is 32.1 Å². The van der Waals surface area contributed by atoms with E-state index in [9.17, 15) is 0 Å². The Morgan fingerprint density at radius 3 is 2.64 bits per heavy atom. The Bertz CT molecular complexity index is 155. The third-order valence-corrected chi connectivity index (χ3v) is 3.93. The van der Waals surface area contributed by atoms with Crippen LogP contribution in [0.3, 0.4) is 0 Å². The molecule has 4 unspecified atom stereocenters. The zero-order valence-corrected chi connectivity index (χ0v) is 10.3. The standard InChI is InChI=1S/C13H27N/c1-5-7-11(3)14-13-9-6-8-10(2)12(13)4/h10-14H,5-9H2,1-4H3. The molecule has 1 nitrogen and oxygen atoms in total. The summed E-state index contributed by atoms with van der Waals surface area (Å²) in [4.78, 5) is 0. The topological polar surface area (TPSA) is 12.0 Å². The van der Waals surface area contributed by atoms with Crippen LogP contribution in [0.4, 0.5) is 0 Å². The predicted octanol–water partition coefficient (Wildman–Crippen LogP) is 3.59. The van der Waals surface area contributed by atoms with Gasteiger partial charge in [-0.15, -0.1) is 0 Å². The van der Waals surface area contributed by atoms with E-state index in [1.807, 2.05) is 0 Å². The summed E-state index contributed by atoms with van der Waals surface area (Å²) in [6.07, 6.45) is 6.85. The van der Waals surface area contributed by atoms with Crippen molar-refractivity contribution in [1.29, 1.82) is 0 Å². The first-order chi connectivity index (χ1) is 6.65. The molecule has 0 aromatic rings. The molecule has 1 N–H and O–H groups in total. The first kappa shape index (κ1) is 12.0. The van der Waals surface area contributed by atoms with Gasteiger partial charge in [-0.05, 0) is 31.6 Å². The summed E-state index contributed by atoms with van der Waals surface area (Å²) in [5.41, 5.74) is 0. The normalized spacial score (nSPS) is 35.6. The van der Waals surface area contributed by atoms with Crippen molar-refractivity contribution in [2.45, 2.75) is 71.9 Å². The fraction of sp³-hybridized carbons (Fsp3) is 1.00. The lowest BCUT2D eigenvalue weighted by Crippen LogP contribution is -2.44. The Balaban J connectivity index is 2.35. The van der Waals surface area contributed by atoms with Gasteiger partial charge in [0.05, 0.1) is 0 Å². The van der Waals surface area contributed by atoms with Gasteiger partial charge in [-0.1, -0.05) is 40.0 Å². The molecule has 0 heterocycles. The maximum Gasteiger partial charge on any atom is 0.00977 e. The van der Waals surface area contributed by atoms with Crippen molar-refractivity contribution in [3.05, 3.63) is 0 Å². The van der Waals surface area contributed by atoms with E-state index in [0.717, 1.165) is 17.9 Å². The zero-order chi connectivity index (χ0) is 10.6. The maximum atomic E-state index is 3.80. The average Bonchev–Trinajstić information content (AvgIpc) is 2.13. The van der Waals surface area contributed by atoms with Crippen molar-refractivity contribution in [2.75, 3.05) is 0 Å². The number of hydrogen-bond donors (Lipinski definition) is 1. The Kier molecular flexibility index (Phi) is 4.94. The van der Waals surface area contributed by atoms with Crippen LogP contribution < -0.4 is 5.32 Å². The van der Waals surface area contributed by atoms with E-state index < -0.39 is 0 Å². The van der Waals surface area contributed by atoms with Crippen LogP contribution in [0.15, 0.2) is 0 Å². The lowest BCUT2D eigenvalue weighted by molar-refractivity contribution is 0.194. The van der Waals surface area contributed by atoms with Gasteiger partial charge in [-0.3, -0.25) is 0 Å². The van der Waals surface area contributed by atoms with Crippen LogP contribution in [0.25, 0.3) is 0 Å². The summed E-state index contributed by atoms with van der Waals surface area (Å²) in [6.45, 7) is 9.42. The van der Waals surface area contributed by atoms with Crippen molar-refractivity contribution in [1.82, 2.24) is 5.32 Å². The summed E-state index contributed by atoms with van der Waals surface area (Å²) in [6, 6.07) is 1.48. The second kappa shape index (κ2) is 5.75. The molecular formula is C13H27N. The molecule has 0 aliphatic heterocycles. The Hall–Kier alpha value is -0.0400. The molecule has 14 heavy (non-hydrogen) atoms. The molecule has 1 aliphatic carbocycles. The summed E-state index contributed by atoms with van der Waals surface area (Å²) in [7, 11) is 0. The monoisotopic (exact) mass is 197 g/mol. The molecule has 1 rings (SSSR count). The van der Waals surface area contributed by atoms with Crippen molar-refractivity contribution >= 4 is 0 Å². The molecule has 0 spiro atoms. The van der Waals surface area contributed by atoms with Crippen LogP contribution in [-0.4, -0.2) is 12.1 Å². The van der Waals surface area contributed by atoms with E-state index in [4.69, 9.17) is 0 Å². The SMILES string of the molecule is CCCC(C)NC1CCCC(C)C1C. The van der Waals surface area contributed by atoms with Crippen molar-refractivity contribution < 1.29 is 0 Å². The van der Waals surface area contributed by atoms with Crippen LogP contribution in [0, 0.1) is 11.8 Å². The highest BCUT2D eigenvalue weighted by Crippen LogP contribution is 2.29. The summed E-state index contributed by atoms with van der Waals surface area (Å²) >= 11 is 0. The molecule has 0 saturated heterocycles. The van der Waals surface area contributed by atoms with Gasteiger partial charge in [0.1, 0.15) is 0 Å². The van der Waals surface area contributed by atoms with Gasteiger partial charge in [-0.2, -0.15) is 0 Å². The van der Waals surface area contributed by atoms with E-state index in [-0.39, 0.29) is 0 Å². The third kappa shape index (κ3) is 3.27. The molecule has 0 radical (unpaired) electrons. The average molecular weight is 197 g/mol. The predicted molar refractivity (Wildman–Crippen MR) is 63.5 cm³/mol. The number of nitrogens with one attached hydrogen (secondary N) is 1. The van der Waals surface area contributed by atoms with Gasteiger partial charge < -0.3 is 5.32 Å². The molecule has 0 aromatic carbocycles. The molecule has 1 aliphatic rings. The fourth-order valence-electron chi connectivity index (χ4n) is 2.70. The van der Waals surface area contributed by atoms with Gasteiger partial charge in [0.25, 0.3) is 0 Å². The Morgan fingerprint density at radius 2 is 2.00 bits per heavy atom. The summed E-state index contributed by atoms with van der Waals surface area (Å²) < 4.78 is 0. The van der Waals surface area contributed by atoms with Crippen molar-refractivity contribution in [3.63, 3.8) is 0 Å². The van der Waals surface area contributed by atoms with Crippen LogP contribution >= 0.6 is 0 Å². The number of rotatable bonds is 4. The zero-order valence-electron chi connectivity index (χ0n) is 10.3. The van der Waals surface area contributed by atoms with Crippen LogP contribution in [-0.2, 0) is 0 Å². The van der Waals surface area contributed by atoms with Crippen LogP contribution in [0.1, 0.15) is 59.8 Å². The first-order valence-electron chi connectivity index (χ1n) is 6.41. The molecule has 4 atom stereocenters. The third-order valence-electron chi connectivity index (χ3n) is 3.93. The molecule has 84 valence electrons. The van der Waals surface area contributed by atoms with E-state index in [0.29, 0.717) is 6.04 Å². The van der Waals surface area contributed by atoms with Gasteiger partial charge in [0.15, 0.2) is 0 Å². The lowest BCUT2D eigenvalue weighted by atomic mass is 9.78. The van der Waals surface area contributed by atoms with Crippen molar-refractivity contribution in [3.8, 4) is 0 Å². The smallest absolute Gasteiger partial charge is 0.00977 e. The summed E-state index contributed by atoms with van der Waals surface area (Å²) in [5, 5.41) is 3.80. The highest BCUT2D eigenvalue weighted by atomic mass is 15.0. The molecule has 1 fully saturated rings. The highest BCUT2D eigenvalue weighted by molar-refractivity contribution is 4.83. The molecule has 1 heteroatoms. The number of hydrogen-bond acceptors (Lipinski definition) is 1. The lowest BCUT2D eigenvalue weighted by Gasteiger charge is -2.36. The molecule has 1 saturated carbocycles. The van der Waals surface area contributed by atoms with Crippen LogP contribution in [0.2, 0.25) is 0 Å². The summed E-state index contributed by atoms with van der Waals surface area (Å²) in [5.74, 6) is 1.78. The molecule has 0 aromatic heterocycles. The van der Waals surface area contributed by atoms with E-state index >= 15 is 0 Å². The minimum Gasteiger partial charge on any atom is -0.311 e.